The molecule has 0 bridgehead atoms. The van der Waals surface area contributed by atoms with Gasteiger partial charge in [-0.2, -0.15) is 0 Å². The SMILES string of the molecule is CC(=O)N[C@@H]1[C@@H](O[C@@H]2O[C@H](CO)[C@H](O[C@@H]3O[C@H](CO)[C@H](O)[C@H](O[C@@H]4O[C@H](CO)[C@H](O)[C@H](O[C@H]5O[C@@H](C)[C@H](O)[C@H](O)[C@H]5O)[C@H]4NC(C)=O)[C@H]3O)[C@H](O)[C@H]2O)[C@@H](O)[C@@H](CO)O[C@@H]1O. The van der Waals surface area contributed by atoms with E-state index in [1.54, 1.807) is 0 Å². The van der Waals surface area contributed by atoms with Gasteiger partial charge in [0.1, 0.15) is 116 Å². The van der Waals surface area contributed by atoms with Gasteiger partial charge in [-0.15, -0.1) is 0 Å². The van der Waals surface area contributed by atoms with Crippen LogP contribution in [0.25, 0.3) is 0 Å². The normalized spacial score (nSPS) is 49.6. The van der Waals surface area contributed by atoms with Crippen LogP contribution in [0.3, 0.4) is 0 Å². The van der Waals surface area contributed by atoms with E-state index in [0.29, 0.717) is 0 Å². The summed E-state index contributed by atoms with van der Waals surface area (Å²) >= 11 is 0. The van der Waals surface area contributed by atoms with Crippen LogP contribution in [-0.4, -0.2) is 263 Å². The van der Waals surface area contributed by atoms with Crippen LogP contribution in [0, 0.1) is 0 Å². The second-order valence-corrected chi connectivity index (χ2v) is 15.4. The van der Waals surface area contributed by atoms with Gasteiger partial charge in [-0.05, 0) is 6.92 Å². The maximum Gasteiger partial charge on any atom is 0.217 e. The third kappa shape index (κ3) is 10.8. The highest BCUT2D eigenvalue weighted by Gasteiger charge is 2.57. The Morgan fingerprint density at radius 1 is 0.426 bits per heavy atom. The summed E-state index contributed by atoms with van der Waals surface area (Å²) in [4.78, 5) is 24.3. The molecule has 2 amide bonds. The third-order valence-corrected chi connectivity index (χ3v) is 11.1. The molecule has 16 N–H and O–H groups in total. The zero-order valence-electron chi connectivity index (χ0n) is 33.0. The molecule has 354 valence electrons. The zero-order chi connectivity index (χ0) is 45.2. The van der Waals surface area contributed by atoms with E-state index in [1.807, 2.05) is 0 Å². The zero-order valence-corrected chi connectivity index (χ0v) is 33.0. The van der Waals surface area contributed by atoms with Gasteiger partial charge in [0.25, 0.3) is 0 Å². The standard InChI is InChI=1S/C34H58N2O25/c1-8-17(43)21(47)23(49)32(53-8)60-28-16(36-10(3)42)31(55-12(5-38)19(28)45)61-29-20(46)13(6-39)56-34(25(29)51)58-26-14(7-40)57-33(24(50)22(26)48)59-27-15(35-9(2)41)30(52)54-11(4-37)18(27)44/h8,11-34,37-40,43-52H,4-7H2,1-3H3,(H,35,41)(H,36,42)/t8-,11+,12+,13+,14+,15+,16+,17-,18-,19-,20-,21-,22+,23+,24+,25+,26-,27+,28+,29-,30-,31-,32+,33-,34-/m0/s1. The summed E-state index contributed by atoms with van der Waals surface area (Å²) in [5.41, 5.74) is 0. The van der Waals surface area contributed by atoms with Crippen molar-refractivity contribution in [2.24, 2.45) is 0 Å². The van der Waals surface area contributed by atoms with Crippen molar-refractivity contribution in [3.63, 3.8) is 0 Å². The number of nitrogens with one attached hydrogen (secondary N) is 2. The Hall–Kier alpha value is -1.98. The van der Waals surface area contributed by atoms with Crippen molar-refractivity contribution >= 4 is 11.8 Å². The first-order chi connectivity index (χ1) is 28.8. The van der Waals surface area contributed by atoms with E-state index < -0.39 is 192 Å². The number of rotatable bonds is 14. The molecule has 5 heterocycles. The molecule has 0 aliphatic carbocycles. The van der Waals surface area contributed by atoms with Crippen molar-refractivity contribution < 1.29 is 124 Å². The van der Waals surface area contributed by atoms with Gasteiger partial charge in [-0.3, -0.25) is 9.59 Å². The Balaban J connectivity index is 1.36. The van der Waals surface area contributed by atoms with Crippen LogP contribution in [0.15, 0.2) is 0 Å². The minimum absolute atomic E-state index is 0.701. The first kappa shape index (κ1) is 50.0. The Morgan fingerprint density at radius 3 is 1.36 bits per heavy atom. The van der Waals surface area contributed by atoms with E-state index in [1.165, 1.54) is 6.92 Å². The van der Waals surface area contributed by atoms with Crippen LogP contribution in [-0.2, 0) is 52.2 Å². The van der Waals surface area contributed by atoms with Crippen LogP contribution >= 0.6 is 0 Å². The Labute approximate surface area is 346 Å². The van der Waals surface area contributed by atoms with Crippen molar-refractivity contribution in [3.05, 3.63) is 0 Å². The minimum Gasteiger partial charge on any atom is -0.394 e. The molecule has 0 spiro atoms. The molecule has 27 heteroatoms. The van der Waals surface area contributed by atoms with Gasteiger partial charge in [0, 0.05) is 13.8 Å². The third-order valence-electron chi connectivity index (χ3n) is 11.1. The lowest BCUT2D eigenvalue weighted by molar-refractivity contribution is -0.385. The molecule has 5 fully saturated rings. The predicted molar refractivity (Wildman–Crippen MR) is 188 cm³/mol. The van der Waals surface area contributed by atoms with Crippen molar-refractivity contribution in [2.75, 3.05) is 26.4 Å². The largest absolute Gasteiger partial charge is 0.394 e. The number of aliphatic hydroxyl groups excluding tert-OH is 14. The molecule has 0 saturated carbocycles. The van der Waals surface area contributed by atoms with Gasteiger partial charge in [-0.1, -0.05) is 0 Å². The highest BCUT2D eigenvalue weighted by atomic mass is 16.8. The Kier molecular flexibility index (Phi) is 17.5. The van der Waals surface area contributed by atoms with E-state index in [2.05, 4.69) is 10.6 Å². The molecule has 0 aromatic heterocycles. The Morgan fingerprint density at radius 2 is 0.820 bits per heavy atom. The number of carbonyl (C=O) groups excluding carboxylic acids is 2. The highest BCUT2D eigenvalue weighted by molar-refractivity contribution is 5.73. The van der Waals surface area contributed by atoms with Crippen molar-refractivity contribution in [1.82, 2.24) is 10.6 Å². The lowest BCUT2D eigenvalue weighted by Gasteiger charge is -2.50. The van der Waals surface area contributed by atoms with Crippen molar-refractivity contribution in [3.8, 4) is 0 Å². The summed E-state index contributed by atoms with van der Waals surface area (Å²) in [5.74, 6) is -1.47. The summed E-state index contributed by atoms with van der Waals surface area (Å²) in [6.07, 6.45) is -40.9. The molecule has 0 radical (unpaired) electrons. The summed E-state index contributed by atoms with van der Waals surface area (Å²) in [6.45, 7) is -0.187. The predicted octanol–water partition coefficient (Wildman–Crippen LogP) is -10.6. The number of carbonyl (C=O) groups is 2. The number of hydrogen-bond acceptors (Lipinski definition) is 25. The molecule has 5 aliphatic rings. The van der Waals surface area contributed by atoms with Crippen LogP contribution in [0.2, 0.25) is 0 Å². The first-order valence-corrected chi connectivity index (χ1v) is 19.5. The van der Waals surface area contributed by atoms with Gasteiger partial charge in [0.2, 0.25) is 11.8 Å². The number of ether oxygens (including phenoxy) is 9. The van der Waals surface area contributed by atoms with Crippen molar-refractivity contribution in [2.45, 2.75) is 174 Å². The molecule has 27 nitrogen and oxygen atoms in total. The number of hydrogen-bond donors (Lipinski definition) is 16. The summed E-state index contributed by atoms with van der Waals surface area (Å²) in [5, 5.41) is 154. The number of amides is 2. The van der Waals surface area contributed by atoms with Crippen LogP contribution < -0.4 is 10.6 Å². The van der Waals surface area contributed by atoms with Crippen molar-refractivity contribution in [1.29, 1.82) is 0 Å². The molecule has 0 aromatic rings. The lowest BCUT2D eigenvalue weighted by atomic mass is 9.94. The smallest absolute Gasteiger partial charge is 0.217 e. The van der Waals surface area contributed by atoms with E-state index in [4.69, 9.17) is 42.6 Å². The second kappa shape index (κ2) is 21.3. The van der Waals surface area contributed by atoms with Crippen LogP contribution in [0.5, 0.6) is 0 Å². The maximum absolute atomic E-state index is 12.5. The van der Waals surface area contributed by atoms with E-state index in [9.17, 15) is 81.1 Å². The molecular weight excluding hydrogens is 836 g/mol. The quantitative estimate of drug-likeness (QED) is 0.0770. The minimum atomic E-state index is -2.13. The monoisotopic (exact) mass is 894 g/mol. The molecule has 5 rings (SSSR count). The van der Waals surface area contributed by atoms with Gasteiger partial charge in [0.15, 0.2) is 31.5 Å². The molecular formula is C34H58N2O25. The fraction of sp³-hybridized carbons (Fsp3) is 0.941. The fourth-order valence-corrected chi connectivity index (χ4v) is 7.77. The maximum atomic E-state index is 12.5. The first-order valence-electron chi connectivity index (χ1n) is 19.5. The molecule has 5 saturated heterocycles. The Bertz CT molecular complexity index is 1420. The van der Waals surface area contributed by atoms with Gasteiger partial charge < -0.3 is 125 Å². The van der Waals surface area contributed by atoms with Crippen LogP contribution in [0.4, 0.5) is 0 Å². The average Bonchev–Trinajstić information content (AvgIpc) is 3.21. The average molecular weight is 895 g/mol. The van der Waals surface area contributed by atoms with E-state index in [0.717, 1.165) is 13.8 Å². The highest BCUT2D eigenvalue weighted by Crippen LogP contribution is 2.35. The number of aliphatic hydroxyl groups is 14. The fourth-order valence-electron chi connectivity index (χ4n) is 7.77. The summed E-state index contributed by atoms with van der Waals surface area (Å²) in [6, 6.07) is -3.12. The molecule has 25 atom stereocenters. The summed E-state index contributed by atoms with van der Waals surface area (Å²) in [7, 11) is 0. The summed E-state index contributed by atoms with van der Waals surface area (Å²) < 4.78 is 50.9. The molecule has 0 aromatic carbocycles. The van der Waals surface area contributed by atoms with Gasteiger partial charge in [0.05, 0.1) is 32.5 Å². The van der Waals surface area contributed by atoms with E-state index in [-0.39, 0.29) is 0 Å². The van der Waals surface area contributed by atoms with Crippen LogP contribution in [0.1, 0.15) is 20.8 Å². The van der Waals surface area contributed by atoms with E-state index >= 15 is 0 Å². The topological polar surface area (TPSA) is 424 Å². The molecule has 0 unspecified atom stereocenters. The molecule has 61 heavy (non-hydrogen) atoms. The second-order valence-electron chi connectivity index (χ2n) is 15.4. The van der Waals surface area contributed by atoms with Gasteiger partial charge in [-0.25, -0.2) is 0 Å². The van der Waals surface area contributed by atoms with Gasteiger partial charge >= 0.3 is 0 Å². The molecule has 5 aliphatic heterocycles. The lowest BCUT2D eigenvalue weighted by Crippen LogP contribution is -2.70.